The van der Waals surface area contributed by atoms with Gasteiger partial charge in [-0.1, -0.05) is 54.1 Å². The van der Waals surface area contributed by atoms with Crippen molar-refractivity contribution in [3.63, 3.8) is 0 Å². The number of carbonyl (C=O) groups excluding carboxylic acids is 1. The number of allylic oxidation sites excluding steroid dienone is 1. The van der Waals surface area contributed by atoms with Gasteiger partial charge in [0, 0.05) is 23.7 Å². The van der Waals surface area contributed by atoms with Gasteiger partial charge < -0.3 is 5.32 Å². The molecule has 1 amide bonds. The van der Waals surface area contributed by atoms with Gasteiger partial charge in [0.1, 0.15) is 0 Å². The summed E-state index contributed by atoms with van der Waals surface area (Å²) in [7, 11) is 0. The van der Waals surface area contributed by atoms with Crippen LogP contribution in [0.1, 0.15) is 21.5 Å². The van der Waals surface area contributed by atoms with Gasteiger partial charge in [0.25, 0.3) is 5.91 Å². The van der Waals surface area contributed by atoms with Crippen molar-refractivity contribution >= 4 is 28.5 Å². The standard InChI is InChI=1S/C26H22ClN3O3/c1-2-15-29-22-5-3-4-6-23(22)30(26(33)25(29)32)17-19-7-11-20(12-8-19)24(31)28-16-18-9-13-21(27)14-10-18/h2-14H,1,15-17H2,(H,28,31). The Labute approximate surface area is 195 Å². The minimum atomic E-state index is -0.597. The van der Waals surface area contributed by atoms with Crippen molar-refractivity contribution < 1.29 is 4.79 Å². The minimum Gasteiger partial charge on any atom is -0.348 e. The van der Waals surface area contributed by atoms with Gasteiger partial charge in [-0.25, -0.2) is 0 Å². The number of benzene rings is 3. The lowest BCUT2D eigenvalue weighted by Crippen LogP contribution is -2.41. The fraction of sp³-hybridized carbons (Fsp3) is 0.115. The lowest BCUT2D eigenvalue weighted by Gasteiger charge is -2.14. The summed E-state index contributed by atoms with van der Waals surface area (Å²) in [5.74, 6) is -0.203. The van der Waals surface area contributed by atoms with Crippen LogP contribution in [-0.2, 0) is 19.6 Å². The summed E-state index contributed by atoms with van der Waals surface area (Å²) in [5.41, 5.74) is 2.39. The molecule has 0 aliphatic carbocycles. The van der Waals surface area contributed by atoms with Crippen LogP contribution >= 0.6 is 11.6 Å². The number of aromatic nitrogens is 2. The molecule has 4 aromatic rings. The van der Waals surface area contributed by atoms with Gasteiger partial charge in [-0.15, -0.1) is 6.58 Å². The number of para-hydroxylation sites is 2. The monoisotopic (exact) mass is 459 g/mol. The van der Waals surface area contributed by atoms with Crippen LogP contribution < -0.4 is 16.4 Å². The maximum Gasteiger partial charge on any atom is 0.317 e. The number of halogens is 1. The second-order valence-corrected chi connectivity index (χ2v) is 8.03. The number of hydrogen-bond donors (Lipinski definition) is 1. The van der Waals surface area contributed by atoms with Crippen LogP contribution in [0.4, 0.5) is 0 Å². The molecule has 1 N–H and O–H groups in total. The highest BCUT2D eigenvalue weighted by atomic mass is 35.5. The Bertz CT molecular complexity index is 1440. The van der Waals surface area contributed by atoms with Crippen molar-refractivity contribution in [3.8, 4) is 0 Å². The Hall–Kier alpha value is -3.90. The van der Waals surface area contributed by atoms with E-state index in [1.807, 2.05) is 36.4 Å². The largest absolute Gasteiger partial charge is 0.348 e. The molecule has 0 radical (unpaired) electrons. The molecule has 6 nitrogen and oxygen atoms in total. The Balaban J connectivity index is 1.55. The summed E-state index contributed by atoms with van der Waals surface area (Å²) in [6, 6.07) is 21.5. The first-order valence-electron chi connectivity index (χ1n) is 10.4. The predicted molar refractivity (Wildman–Crippen MR) is 131 cm³/mol. The van der Waals surface area contributed by atoms with E-state index in [0.29, 0.717) is 28.2 Å². The second-order valence-electron chi connectivity index (χ2n) is 7.59. The molecule has 0 saturated carbocycles. The Morgan fingerprint density at radius 3 is 2.06 bits per heavy atom. The third-order valence-electron chi connectivity index (χ3n) is 5.37. The second kappa shape index (κ2) is 9.71. The molecule has 0 bridgehead atoms. The van der Waals surface area contributed by atoms with Crippen LogP contribution in [-0.4, -0.2) is 15.0 Å². The van der Waals surface area contributed by atoms with E-state index in [2.05, 4.69) is 11.9 Å². The molecule has 0 fully saturated rings. The molecule has 0 saturated heterocycles. The van der Waals surface area contributed by atoms with Crippen molar-refractivity contribution in [3.05, 3.63) is 128 Å². The van der Waals surface area contributed by atoms with Gasteiger partial charge in [0.15, 0.2) is 0 Å². The van der Waals surface area contributed by atoms with E-state index in [-0.39, 0.29) is 19.0 Å². The highest BCUT2D eigenvalue weighted by molar-refractivity contribution is 6.30. The van der Waals surface area contributed by atoms with E-state index < -0.39 is 11.1 Å². The number of hydrogen-bond acceptors (Lipinski definition) is 3. The topological polar surface area (TPSA) is 73.1 Å². The summed E-state index contributed by atoms with van der Waals surface area (Å²) < 4.78 is 2.89. The third kappa shape index (κ3) is 4.81. The molecule has 0 aliphatic heterocycles. The highest BCUT2D eigenvalue weighted by Gasteiger charge is 2.13. The number of nitrogens with one attached hydrogen (secondary N) is 1. The predicted octanol–water partition coefficient (Wildman–Crippen LogP) is 3.98. The van der Waals surface area contributed by atoms with Crippen molar-refractivity contribution in [1.82, 2.24) is 14.5 Å². The zero-order valence-corrected chi connectivity index (χ0v) is 18.6. The van der Waals surface area contributed by atoms with Crippen LogP contribution in [0.2, 0.25) is 5.02 Å². The molecule has 0 spiro atoms. The first-order chi connectivity index (χ1) is 16.0. The number of carbonyl (C=O) groups is 1. The Kier molecular flexibility index (Phi) is 6.56. The molecule has 0 atom stereocenters. The molecule has 1 aromatic heterocycles. The molecule has 1 heterocycles. The summed E-state index contributed by atoms with van der Waals surface area (Å²) >= 11 is 5.88. The van der Waals surface area contributed by atoms with Crippen molar-refractivity contribution in [2.75, 3.05) is 0 Å². The highest BCUT2D eigenvalue weighted by Crippen LogP contribution is 2.14. The lowest BCUT2D eigenvalue weighted by atomic mass is 10.1. The summed E-state index contributed by atoms with van der Waals surface area (Å²) in [5, 5.41) is 3.52. The average Bonchev–Trinajstić information content (AvgIpc) is 2.84. The zero-order chi connectivity index (χ0) is 23.4. The van der Waals surface area contributed by atoms with Crippen molar-refractivity contribution in [2.24, 2.45) is 0 Å². The van der Waals surface area contributed by atoms with E-state index in [4.69, 9.17) is 11.6 Å². The van der Waals surface area contributed by atoms with Gasteiger partial charge in [-0.05, 0) is 47.5 Å². The maximum absolute atomic E-state index is 12.8. The van der Waals surface area contributed by atoms with Gasteiger partial charge in [0.2, 0.25) is 0 Å². The average molecular weight is 460 g/mol. The Morgan fingerprint density at radius 2 is 1.42 bits per heavy atom. The third-order valence-corrected chi connectivity index (χ3v) is 5.62. The fourth-order valence-electron chi connectivity index (χ4n) is 3.67. The van der Waals surface area contributed by atoms with Gasteiger partial charge in [-0.2, -0.15) is 0 Å². The van der Waals surface area contributed by atoms with E-state index in [1.54, 1.807) is 42.5 Å². The molecule has 7 heteroatoms. The summed E-state index contributed by atoms with van der Waals surface area (Å²) in [6.45, 7) is 4.54. The summed E-state index contributed by atoms with van der Waals surface area (Å²) in [4.78, 5) is 38.0. The quantitative estimate of drug-likeness (QED) is 0.335. The maximum atomic E-state index is 12.8. The number of fused-ring (bicyclic) bond motifs is 1. The lowest BCUT2D eigenvalue weighted by molar-refractivity contribution is 0.0951. The fourth-order valence-corrected chi connectivity index (χ4v) is 3.79. The first-order valence-corrected chi connectivity index (χ1v) is 10.8. The first kappa shape index (κ1) is 22.3. The molecule has 166 valence electrons. The normalized spacial score (nSPS) is 10.8. The molecule has 33 heavy (non-hydrogen) atoms. The van der Waals surface area contributed by atoms with Crippen molar-refractivity contribution in [2.45, 2.75) is 19.6 Å². The molecule has 0 unspecified atom stereocenters. The molecular weight excluding hydrogens is 438 g/mol. The van der Waals surface area contributed by atoms with Crippen LogP contribution in [0.15, 0.2) is 95.0 Å². The smallest absolute Gasteiger partial charge is 0.317 e. The van der Waals surface area contributed by atoms with Gasteiger partial charge >= 0.3 is 11.1 Å². The molecule has 3 aromatic carbocycles. The number of rotatable bonds is 7. The summed E-state index contributed by atoms with van der Waals surface area (Å²) in [6.07, 6.45) is 1.59. The number of nitrogens with zero attached hydrogens (tertiary/aromatic N) is 2. The van der Waals surface area contributed by atoms with Gasteiger partial charge in [0.05, 0.1) is 17.6 Å². The van der Waals surface area contributed by atoms with Crippen LogP contribution in [0.3, 0.4) is 0 Å². The zero-order valence-electron chi connectivity index (χ0n) is 17.8. The van der Waals surface area contributed by atoms with Crippen LogP contribution in [0.25, 0.3) is 11.0 Å². The molecular formula is C26H22ClN3O3. The van der Waals surface area contributed by atoms with Gasteiger partial charge in [-0.3, -0.25) is 23.5 Å². The molecule has 4 rings (SSSR count). The SMILES string of the molecule is C=CCn1c(=O)c(=O)n(Cc2ccc(C(=O)NCc3ccc(Cl)cc3)cc2)c2ccccc21. The Morgan fingerprint density at radius 1 is 0.848 bits per heavy atom. The van der Waals surface area contributed by atoms with E-state index in [1.165, 1.54) is 9.13 Å². The van der Waals surface area contributed by atoms with E-state index >= 15 is 0 Å². The minimum absolute atomic E-state index is 0.203. The number of amides is 1. The van der Waals surface area contributed by atoms with Crippen LogP contribution in [0, 0.1) is 0 Å². The van der Waals surface area contributed by atoms with E-state index in [0.717, 1.165) is 11.1 Å². The molecule has 0 aliphatic rings. The van der Waals surface area contributed by atoms with E-state index in [9.17, 15) is 14.4 Å². The van der Waals surface area contributed by atoms with Crippen LogP contribution in [0.5, 0.6) is 0 Å². The van der Waals surface area contributed by atoms with Crippen molar-refractivity contribution in [1.29, 1.82) is 0 Å².